The first-order chi connectivity index (χ1) is 9.40. The van der Waals surface area contributed by atoms with Crippen molar-refractivity contribution in [3.8, 4) is 5.88 Å². The third-order valence-corrected chi connectivity index (χ3v) is 2.73. The number of aryl methyl sites for hydroxylation is 1. The fourth-order valence-electron chi connectivity index (χ4n) is 1.61. The van der Waals surface area contributed by atoms with Crippen molar-refractivity contribution in [2.24, 2.45) is 5.92 Å². The second-order valence-corrected chi connectivity index (χ2v) is 5.23. The minimum atomic E-state index is -2.49. The van der Waals surface area contributed by atoms with Gasteiger partial charge in [0, 0.05) is 24.3 Å². The SMILES string of the molecule is Cc1cc(C(C)NNCC(C)C)cnc1OCC(F)F. The third kappa shape index (κ3) is 5.79. The van der Waals surface area contributed by atoms with Crippen LogP contribution in [0.1, 0.15) is 37.9 Å². The van der Waals surface area contributed by atoms with Crippen molar-refractivity contribution in [1.29, 1.82) is 0 Å². The van der Waals surface area contributed by atoms with Gasteiger partial charge < -0.3 is 4.74 Å². The summed E-state index contributed by atoms with van der Waals surface area (Å²) in [7, 11) is 0. The smallest absolute Gasteiger partial charge is 0.272 e. The summed E-state index contributed by atoms with van der Waals surface area (Å²) in [6.45, 7) is 8.29. The quantitative estimate of drug-likeness (QED) is 0.722. The van der Waals surface area contributed by atoms with Crippen LogP contribution in [0.3, 0.4) is 0 Å². The molecule has 0 aliphatic rings. The number of aromatic nitrogens is 1. The number of pyridine rings is 1. The Hall–Kier alpha value is -1.27. The Morgan fingerprint density at radius 1 is 1.30 bits per heavy atom. The highest BCUT2D eigenvalue weighted by Crippen LogP contribution is 2.19. The van der Waals surface area contributed by atoms with E-state index in [0.29, 0.717) is 5.92 Å². The standard InChI is InChI=1S/C14H23F2N3O/c1-9(2)6-18-19-11(4)12-5-10(3)14(17-7-12)20-8-13(15)16/h5,7,9,11,13,18-19H,6,8H2,1-4H3. The summed E-state index contributed by atoms with van der Waals surface area (Å²) in [5, 5.41) is 0. The zero-order valence-electron chi connectivity index (χ0n) is 12.4. The van der Waals surface area contributed by atoms with Crippen LogP contribution in [-0.4, -0.2) is 24.6 Å². The normalized spacial score (nSPS) is 13.0. The van der Waals surface area contributed by atoms with Gasteiger partial charge in [-0.25, -0.2) is 13.8 Å². The number of nitrogens with zero attached hydrogens (tertiary/aromatic N) is 1. The second-order valence-electron chi connectivity index (χ2n) is 5.23. The molecule has 0 amide bonds. The Balaban J connectivity index is 2.57. The second kappa shape index (κ2) is 8.11. The van der Waals surface area contributed by atoms with Gasteiger partial charge in [-0.2, -0.15) is 0 Å². The molecule has 2 N–H and O–H groups in total. The van der Waals surface area contributed by atoms with Gasteiger partial charge in [0.25, 0.3) is 6.43 Å². The van der Waals surface area contributed by atoms with Crippen LogP contribution in [0.5, 0.6) is 5.88 Å². The van der Waals surface area contributed by atoms with Crippen LogP contribution in [0.15, 0.2) is 12.3 Å². The molecule has 4 nitrogen and oxygen atoms in total. The molecule has 1 heterocycles. The molecule has 114 valence electrons. The van der Waals surface area contributed by atoms with Crippen LogP contribution in [0.2, 0.25) is 0 Å². The van der Waals surface area contributed by atoms with Gasteiger partial charge in [0.2, 0.25) is 5.88 Å². The fourth-order valence-corrected chi connectivity index (χ4v) is 1.61. The first-order valence-corrected chi connectivity index (χ1v) is 6.76. The molecule has 0 saturated heterocycles. The number of nitrogens with one attached hydrogen (secondary N) is 2. The maximum Gasteiger partial charge on any atom is 0.272 e. The summed E-state index contributed by atoms with van der Waals surface area (Å²) in [5.41, 5.74) is 8.05. The van der Waals surface area contributed by atoms with E-state index in [-0.39, 0.29) is 11.9 Å². The van der Waals surface area contributed by atoms with Crippen molar-refractivity contribution in [2.75, 3.05) is 13.2 Å². The van der Waals surface area contributed by atoms with Crippen molar-refractivity contribution < 1.29 is 13.5 Å². The summed E-state index contributed by atoms with van der Waals surface area (Å²) < 4.78 is 29.1. The number of hydrogen-bond acceptors (Lipinski definition) is 4. The van der Waals surface area contributed by atoms with E-state index in [4.69, 9.17) is 4.74 Å². The van der Waals surface area contributed by atoms with Gasteiger partial charge in [0.15, 0.2) is 6.61 Å². The van der Waals surface area contributed by atoms with Crippen LogP contribution in [0, 0.1) is 12.8 Å². The highest BCUT2D eigenvalue weighted by Gasteiger charge is 2.10. The topological polar surface area (TPSA) is 46.2 Å². The zero-order valence-corrected chi connectivity index (χ0v) is 12.4. The van der Waals surface area contributed by atoms with E-state index in [1.54, 1.807) is 13.1 Å². The van der Waals surface area contributed by atoms with E-state index in [1.807, 2.05) is 13.0 Å². The van der Waals surface area contributed by atoms with Gasteiger partial charge in [-0.3, -0.25) is 10.9 Å². The van der Waals surface area contributed by atoms with Gasteiger partial charge >= 0.3 is 0 Å². The molecular formula is C14H23F2N3O. The minimum Gasteiger partial charge on any atom is -0.471 e. The molecule has 1 rings (SSSR count). The van der Waals surface area contributed by atoms with Crippen molar-refractivity contribution >= 4 is 0 Å². The molecule has 0 saturated carbocycles. The molecule has 0 aliphatic carbocycles. The molecule has 6 heteroatoms. The van der Waals surface area contributed by atoms with Crippen LogP contribution in [-0.2, 0) is 0 Å². The molecule has 1 aromatic heterocycles. The summed E-state index contributed by atoms with van der Waals surface area (Å²) >= 11 is 0. The summed E-state index contributed by atoms with van der Waals surface area (Å²) in [5.74, 6) is 0.816. The van der Waals surface area contributed by atoms with Crippen LogP contribution >= 0.6 is 0 Å². The van der Waals surface area contributed by atoms with E-state index in [1.165, 1.54) is 0 Å². The number of ether oxygens (including phenoxy) is 1. The molecule has 0 bridgehead atoms. The van der Waals surface area contributed by atoms with Gasteiger partial charge in [0.1, 0.15) is 0 Å². The lowest BCUT2D eigenvalue weighted by atomic mass is 10.1. The van der Waals surface area contributed by atoms with E-state index < -0.39 is 13.0 Å². The lowest BCUT2D eigenvalue weighted by Crippen LogP contribution is -2.36. The Kier molecular flexibility index (Phi) is 6.81. The van der Waals surface area contributed by atoms with Crippen LogP contribution in [0.25, 0.3) is 0 Å². The Bertz CT molecular complexity index is 413. The largest absolute Gasteiger partial charge is 0.471 e. The summed E-state index contributed by atoms with van der Waals surface area (Å²) in [4.78, 5) is 4.09. The first kappa shape index (κ1) is 16.8. The summed E-state index contributed by atoms with van der Waals surface area (Å²) in [6, 6.07) is 1.96. The van der Waals surface area contributed by atoms with Gasteiger partial charge in [-0.1, -0.05) is 13.8 Å². The average Bonchev–Trinajstić information content (AvgIpc) is 2.36. The maximum absolute atomic E-state index is 12.1. The first-order valence-electron chi connectivity index (χ1n) is 6.76. The number of hydrogen-bond donors (Lipinski definition) is 2. The highest BCUT2D eigenvalue weighted by atomic mass is 19.3. The van der Waals surface area contributed by atoms with E-state index in [2.05, 4.69) is 29.7 Å². The molecule has 0 radical (unpaired) electrons. The van der Waals surface area contributed by atoms with Crippen LogP contribution in [0.4, 0.5) is 8.78 Å². The Morgan fingerprint density at radius 2 is 2.00 bits per heavy atom. The predicted molar refractivity (Wildman–Crippen MR) is 74.9 cm³/mol. The van der Waals surface area contributed by atoms with Gasteiger partial charge in [0.05, 0.1) is 0 Å². The number of hydrazine groups is 1. The number of halogens is 2. The van der Waals surface area contributed by atoms with Crippen molar-refractivity contribution in [3.05, 3.63) is 23.4 Å². The van der Waals surface area contributed by atoms with Crippen molar-refractivity contribution in [1.82, 2.24) is 15.8 Å². The molecule has 1 aromatic rings. The zero-order chi connectivity index (χ0) is 15.1. The van der Waals surface area contributed by atoms with E-state index in [9.17, 15) is 8.78 Å². The fraction of sp³-hybridized carbons (Fsp3) is 0.643. The lowest BCUT2D eigenvalue weighted by molar-refractivity contribution is 0.0792. The molecule has 0 aromatic carbocycles. The monoisotopic (exact) mass is 287 g/mol. The van der Waals surface area contributed by atoms with Gasteiger partial charge in [-0.15, -0.1) is 0 Å². The molecule has 20 heavy (non-hydrogen) atoms. The van der Waals surface area contributed by atoms with E-state index in [0.717, 1.165) is 17.7 Å². The van der Waals surface area contributed by atoms with Crippen molar-refractivity contribution in [2.45, 2.75) is 40.2 Å². The molecule has 1 atom stereocenters. The third-order valence-electron chi connectivity index (χ3n) is 2.73. The lowest BCUT2D eigenvalue weighted by Gasteiger charge is -2.17. The molecular weight excluding hydrogens is 264 g/mol. The maximum atomic E-state index is 12.1. The molecule has 0 aliphatic heterocycles. The van der Waals surface area contributed by atoms with Crippen molar-refractivity contribution in [3.63, 3.8) is 0 Å². The Labute approximate surface area is 118 Å². The Morgan fingerprint density at radius 3 is 2.55 bits per heavy atom. The summed E-state index contributed by atoms with van der Waals surface area (Å²) in [6.07, 6.45) is -0.848. The minimum absolute atomic E-state index is 0.0732. The highest BCUT2D eigenvalue weighted by molar-refractivity contribution is 5.30. The average molecular weight is 287 g/mol. The van der Waals surface area contributed by atoms with Crippen LogP contribution < -0.4 is 15.6 Å². The van der Waals surface area contributed by atoms with E-state index >= 15 is 0 Å². The number of rotatable bonds is 8. The predicted octanol–water partition coefficient (Wildman–Crippen LogP) is 2.85. The van der Waals surface area contributed by atoms with Gasteiger partial charge in [-0.05, 0) is 31.4 Å². The molecule has 1 unspecified atom stereocenters. The number of alkyl halides is 2. The molecule has 0 spiro atoms. The molecule has 0 fully saturated rings.